The molecule has 16 heavy (non-hydrogen) atoms. The number of hydrogen-bond acceptors (Lipinski definition) is 4. The van der Waals surface area contributed by atoms with Crippen molar-refractivity contribution in [1.82, 2.24) is 15.0 Å². The second-order valence-corrected chi connectivity index (χ2v) is 4.31. The SMILES string of the molecule is CSCCc1nc2ncc(C(=O)O)cc2[nH]1. The molecule has 0 bridgehead atoms. The lowest BCUT2D eigenvalue weighted by molar-refractivity contribution is 0.0696. The van der Waals surface area contributed by atoms with Crippen LogP contribution in [0.15, 0.2) is 12.3 Å². The molecule has 0 radical (unpaired) electrons. The minimum Gasteiger partial charge on any atom is -0.478 e. The van der Waals surface area contributed by atoms with Crippen LogP contribution in [0.25, 0.3) is 11.2 Å². The van der Waals surface area contributed by atoms with Gasteiger partial charge in [0.1, 0.15) is 5.82 Å². The van der Waals surface area contributed by atoms with E-state index in [0.29, 0.717) is 11.2 Å². The van der Waals surface area contributed by atoms with Gasteiger partial charge in [0, 0.05) is 18.4 Å². The van der Waals surface area contributed by atoms with Crippen molar-refractivity contribution in [3.63, 3.8) is 0 Å². The van der Waals surface area contributed by atoms with E-state index in [2.05, 4.69) is 15.0 Å². The maximum atomic E-state index is 10.7. The Hall–Kier alpha value is -1.56. The van der Waals surface area contributed by atoms with E-state index in [-0.39, 0.29) is 5.56 Å². The maximum Gasteiger partial charge on any atom is 0.337 e. The Bertz CT molecular complexity index is 524. The van der Waals surface area contributed by atoms with Crippen molar-refractivity contribution in [2.24, 2.45) is 0 Å². The molecule has 2 aromatic rings. The van der Waals surface area contributed by atoms with E-state index in [4.69, 9.17) is 5.11 Å². The molecular formula is C10H11N3O2S. The van der Waals surface area contributed by atoms with Crippen molar-refractivity contribution in [1.29, 1.82) is 0 Å². The number of carbonyl (C=O) groups is 1. The third kappa shape index (κ3) is 2.16. The Balaban J connectivity index is 2.34. The summed E-state index contributed by atoms with van der Waals surface area (Å²) in [6, 6.07) is 1.56. The van der Waals surface area contributed by atoms with Crippen LogP contribution >= 0.6 is 11.8 Å². The summed E-state index contributed by atoms with van der Waals surface area (Å²) >= 11 is 1.74. The van der Waals surface area contributed by atoms with Gasteiger partial charge in [-0.05, 0) is 12.3 Å². The van der Waals surface area contributed by atoms with Gasteiger partial charge in [-0.2, -0.15) is 11.8 Å². The van der Waals surface area contributed by atoms with E-state index < -0.39 is 5.97 Å². The molecule has 0 aliphatic heterocycles. The van der Waals surface area contributed by atoms with Gasteiger partial charge < -0.3 is 10.1 Å². The summed E-state index contributed by atoms with van der Waals surface area (Å²) < 4.78 is 0. The molecule has 5 nitrogen and oxygen atoms in total. The Kier molecular flexibility index (Phi) is 3.09. The van der Waals surface area contributed by atoms with E-state index in [0.717, 1.165) is 18.0 Å². The molecule has 0 aromatic carbocycles. The summed E-state index contributed by atoms with van der Waals surface area (Å²) in [6.07, 6.45) is 4.19. The van der Waals surface area contributed by atoms with Crippen molar-refractivity contribution in [3.8, 4) is 0 Å². The van der Waals surface area contributed by atoms with Crippen LogP contribution in [0.4, 0.5) is 0 Å². The molecule has 2 aromatic heterocycles. The number of aromatic nitrogens is 3. The monoisotopic (exact) mass is 237 g/mol. The molecule has 0 saturated carbocycles. The number of imidazole rings is 1. The number of hydrogen-bond donors (Lipinski definition) is 2. The second kappa shape index (κ2) is 4.52. The van der Waals surface area contributed by atoms with Crippen LogP contribution in [0, 0.1) is 0 Å². The fourth-order valence-electron chi connectivity index (χ4n) is 1.38. The molecule has 0 amide bonds. The predicted octanol–water partition coefficient (Wildman–Crippen LogP) is 1.56. The van der Waals surface area contributed by atoms with Crippen molar-refractivity contribution in [2.75, 3.05) is 12.0 Å². The van der Waals surface area contributed by atoms with E-state index >= 15 is 0 Å². The summed E-state index contributed by atoms with van der Waals surface area (Å²) in [5, 5.41) is 8.81. The van der Waals surface area contributed by atoms with E-state index in [1.807, 2.05) is 6.26 Å². The number of nitrogens with zero attached hydrogens (tertiary/aromatic N) is 2. The summed E-state index contributed by atoms with van der Waals surface area (Å²) in [6.45, 7) is 0. The van der Waals surface area contributed by atoms with Crippen molar-refractivity contribution in [3.05, 3.63) is 23.7 Å². The highest BCUT2D eigenvalue weighted by Gasteiger charge is 2.08. The van der Waals surface area contributed by atoms with Crippen molar-refractivity contribution < 1.29 is 9.90 Å². The Morgan fingerprint density at radius 3 is 3.12 bits per heavy atom. The van der Waals surface area contributed by atoms with E-state index in [1.165, 1.54) is 6.20 Å². The highest BCUT2D eigenvalue weighted by atomic mass is 32.2. The molecule has 2 heterocycles. The number of H-pyrrole nitrogens is 1. The molecule has 0 atom stereocenters. The minimum absolute atomic E-state index is 0.174. The average Bonchev–Trinajstić information content (AvgIpc) is 2.67. The largest absolute Gasteiger partial charge is 0.478 e. The summed E-state index contributed by atoms with van der Waals surface area (Å²) in [4.78, 5) is 22.1. The summed E-state index contributed by atoms with van der Waals surface area (Å²) in [5.74, 6) is 0.847. The van der Waals surface area contributed by atoms with Crippen LogP contribution in [-0.2, 0) is 6.42 Å². The third-order valence-electron chi connectivity index (χ3n) is 2.18. The lowest BCUT2D eigenvalue weighted by atomic mass is 10.3. The zero-order chi connectivity index (χ0) is 11.5. The fraction of sp³-hybridized carbons (Fsp3) is 0.300. The number of carboxylic acid groups (broad SMARTS) is 1. The van der Waals surface area contributed by atoms with Crippen LogP contribution in [0.5, 0.6) is 0 Å². The molecule has 6 heteroatoms. The summed E-state index contributed by atoms with van der Waals surface area (Å²) in [7, 11) is 0. The first-order valence-electron chi connectivity index (χ1n) is 4.77. The normalized spacial score (nSPS) is 10.8. The van der Waals surface area contributed by atoms with Crippen LogP contribution in [-0.4, -0.2) is 38.0 Å². The molecular weight excluding hydrogens is 226 g/mol. The average molecular weight is 237 g/mol. The zero-order valence-electron chi connectivity index (χ0n) is 8.73. The number of carboxylic acids is 1. The highest BCUT2D eigenvalue weighted by Crippen LogP contribution is 2.12. The molecule has 0 aliphatic carbocycles. The van der Waals surface area contributed by atoms with Gasteiger partial charge in [-0.25, -0.2) is 14.8 Å². The number of aromatic carboxylic acids is 1. The van der Waals surface area contributed by atoms with Crippen LogP contribution in [0.3, 0.4) is 0 Å². The molecule has 2 rings (SSSR count). The van der Waals surface area contributed by atoms with Gasteiger partial charge in [0.05, 0.1) is 11.1 Å². The van der Waals surface area contributed by atoms with Gasteiger partial charge in [-0.15, -0.1) is 0 Å². The van der Waals surface area contributed by atoms with Gasteiger partial charge in [0.2, 0.25) is 0 Å². The number of aryl methyl sites for hydroxylation is 1. The van der Waals surface area contributed by atoms with Gasteiger partial charge in [0.15, 0.2) is 5.65 Å². The Morgan fingerprint density at radius 1 is 1.62 bits per heavy atom. The first kappa shape index (κ1) is 10.9. The fourth-order valence-corrected chi connectivity index (χ4v) is 1.78. The molecule has 0 fully saturated rings. The quantitative estimate of drug-likeness (QED) is 0.843. The lowest BCUT2D eigenvalue weighted by Crippen LogP contribution is -1.96. The van der Waals surface area contributed by atoms with Crippen LogP contribution < -0.4 is 0 Å². The molecule has 0 saturated heterocycles. The number of nitrogens with one attached hydrogen (secondary N) is 1. The standard InChI is InChI=1S/C10H11N3O2S/c1-16-3-2-8-12-7-4-6(10(14)15)5-11-9(7)13-8/h4-5H,2-3H2,1H3,(H,14,15)(H,11,12,13). The molecule has 0 spiro atoms. The first-order chi connectivity index (χ1) is 7.70. The van der Waals surface area contributed by atoms with E-state index in [1.54, 1.807) is 17.8 Å². The zero-order valence-corrected chi connectivity index (χ0v) is 9.54. The number of pyridine rings is 1. The van der Waals surface area contributed by atoms with Crippen LogP contribution in [0.1, 0.15) is 16.2 Å². The summed E-state index contributed by atoms with van der Waals surface area (Å²) in [5.41, 5.74) is 1.42. The second-order valence-electron chi connectivity index (χ2n) is 3.33. The maximum absolute atomic E-state index is 10.7. The third-order valence-corrected chi connectivity index (χ3v) is 2.79. The predicted molar refractivity (Wildman–Crippen MR) is 62.9 cm³/mol. The van der Waals surface area contributed by atoms with Crippen molar-refractivity contribution in [2.45, 2.75) is 6.42 Å². The highest BCUT2D eigenvalue weighted by molar-refractivity contribution is 7.98. The number of aromatic amines is 1. The number of thioether (sulfide) groups is 1. The molecule has 2 N–H and O–H groups in total. The molecule has 0 unspecified atom stereocenters. The van der Waals surface area contributed by atoms with Crippen molar-refractivity contribution >= 4 is 28.9 Å². The van der Waals surface area contributed by atoms with E-state index in [9.17, 15) is 4.79 Å². The van der Waals surface area contributed by atoms with Gasteiger partial charge in [0.25, 0.3) is 0 Å². The molecule has 0 aliphatic rings. The topological polar surface area (TPSA) is 78.9 Å². The Morgan fingerprint density at radius 2 is 2.44 bits per heavy atom. The Labute approximate surface area is 96.3 Å². The van der Waals surface area contributed by atoms with Gasteiger partial charge in [-0.1, -0.05) is 0 Å². The number of rotatable bonds is 4. The molecule has 84 valence electrons. The first-order valence-corrected chi connectivity index (χ1v) is 6.17. The number of fused-ring (bicyclic) bond motifs is 1. The van der Waals surface area contributed by atoms with Crippen LogP contribution in [0.2, 0.25) is 0 Å². The van der Waals surface area contributed by atoms with Gasteiger partial charge >= 0.3 is 5.97 Å². The van der Waals surface area contributed by atoms with Gasteiger partial charge in [-0.3, -0.25) is 0 Å². The smallest absolute Gasteiger partial charge is 0.337 e. The lowest BCUT2D eigenvalue weighted by Gasteiger charge is -1.92. The minimum atomic E-state index is -0.977.